The highest BCUT2D eigenvalue weighted by Gasteiger charge is 2.49. The third-order valence-corrected chi connectivity index (χ3v) is 5.69. The van der Waals surface area contributed by atoms with Gasteiger partial charge in [0.15, 0.2) is 0 Å². The first-order valence-electron chi connectivity index (χ1n) is 8.94. The summed E-state index contributed by atoms with van der Waals surface area (Å²) in [5.41, 5.74) is 1.38. The van der Waals surface area contributed by atoms with Crippen LogP contribution in [0.15, 0.2) is 36.7 Å². The van der Waals surface area contributed by atoms with Crippen LogP contribution < -0.4 is 5.32 Å². The molecular weight excluding hydrogens is 300 g/mol. The summed E-state index contributed by atoms with van der Waals surface area (Å²) in [6.45, 7) is 6.29. The van der Waals surface area contributed by atoms with E-state index in [0.29, 0.717) is 24.8 Å². The molecule has 0 saturated heterocycles. The van der Waals surface area contributed by atoms with Gasteiger partial charge in [0.2, 0.25) is 0 Å². The van der Waals surface area contributed by atoms with E-state index in [4.69, 9.17) is 4.74 Å². The number of benzene rings is 1. The first-order valence-corrected chi connectivity index (χ1v) is 8.94. The normalized spacial score (nSPS) is 28.2. The van der Waals surface area contributed by atoms with Crippen LogP contribution in [0.4, 0.5) is 0 Å². The second kappa shape index (κ2) is 6.30. The molecule has 0 bridgehead atoms. The Balaban J connectivity index is 1.34. The number of fused-ring (bicyclic) bond motifs is 1. The zero-order chi connectivity index (χ0) is 16.6. The van der Waals surface area contributed by atoms with Crippen LogP contribution >= 0.6 is 0 Å². The molecule has 0 radical (unpaired) electrons. The molecule has 0 spiro atoms. The third kappa shape index (κ3) is 2.87. The predicted molar refractivity (Wildman–Crippen MR) is 92.3 cm³/mol. The maximum atomic E-state index is 6.18. The lowest BCUT2D eigenvalue weighted by atomic mass is 9.64. The monoisotopic (exact) mass is 326 g/mol. The van der Waals surface area contributed by atoms with Crippen molar-refractivity contribution in [1.82, 2.24) is 20.1 Å². The summed E-state index contributed by atoms with van der Waals surface area (Å²) >= 11 is 0. The number of hydrogen-bond acceptors (Lipinski definition) is 4. The Kier molecular flexibility index (Phi) is 4.14. The zero-order valence-electron chi connectivity index (χ0n) is 14.5. The van der Waals surface area contributed by atoms with Gasteiger partial charge in [-0.3, -0.25) is 0 Å². The Morgan fingerprint density at radius 2 is 2.12 bits per heavy atom. The molecular formula is C19H26N4O. The van der Waals surface area contributed by atoms with E-state index in [-0.39, 0.29) is 5.41 Å². The number of nitrogens with zero attached hydrogens (tertiary/aromatic N) is 3. The summed E-state index contributed by atoms with van der Waals surface area (Å²) in [4.78, 5) is 4.45. The minimum absolute atomic E-state index is 0.136. The van der Waals surface area contributed by atoms with Gasteiger partial charge < -0.3 is 10.1 Å². The molecule has 1 saturated carbocycles. The van der Waals surface area contributed by atoms with Crippen LogP contribution in [0, 0.1) is 5.41 Å². The number of ether oxygens (including phenoxy) is 1. The van der Waals surface area contributed by atoms with Crippen LogP contribution in [0.5, 0.6) is 0 Å². The van der Waals surface area contributed by atoms with Crippen molar-refractivity contribution in [3.63, 3.8) is 0 Å². The van der Waals surface area contributed by atoms with E-state index < -0.39 is 0 Å². The Bertz CT molecular complexity index is 682. The fraction of sp³-hybridized carbons (Fsp3) is 0.579. The van der Waals surface area contributed by atoms with Gasteiger partial charge in [-0.05, 0) is 24.8 Å². The van der Waals surface area contributed by atoms with Crippen molar-refractivity contribution in [2.75, 3.05) is 0 Å². The van der Waals surface area contributed by atoms with Crippen molar-refractivity contribution < 1.29 is 4.74 Å². The van der Waals surface area contributed by atoms with Gasteiger partial charge in [0.05, 0.1) is 18.8 Å². The third-order valence-electron chi connectivity index (χ3n) is 5.69. The van der Waals surface area contributed by atoms with E-state index in [2.05, 4.69) is 53.5 Å². The zero-order valence-corrected chi connectivity index (χ0v) is 14.5. The van der Waals surface area contributed by atoms with Crippen molar-refractivity contribution in [1.29, 1.82) is 0 Å². The molecule has 24 heavy (non-hydrogen) atoms. The first kappa shape index (κ1) is 15.8. The number of rotatable bonds is 5. The van der Waals surface area contributed by atoms with Gasteiger partial charge in [0, 0.05) is 18.0 Å². The highest BCUT2D eigenvalue weighted by atomic mass is 16.5. The van der Waals surface area contributed by atoms with Crippen LogP contribution in [-0.2, 0) is 17.9 Å². The number of aromatic nitrogens is 3. The van der Waals surface area contributed by atoms with Crippen molar-refractivity contribution in [2.24, 2.45) is 5.41 Å². The minimum atomic E-state index is 0.136. The molecule has 2 heterocycles. The highest BCUT2D eigenvalue weighted by Crippen LogP contribution is 2.44. The molecule has 1 aliphatic carbocycles. The average molecular weight is 326 g/mol. The first-order chi connectivity index (χ1) is 11.6. The van der Waals surface area contributed by atoms with Crippen molar-refractivity contribution >= 4 is 0 Å². The molecule has 1 N–H and O–H groups in total. The number of aryl methyl sites for hydroxylation is 1. The van der Waals surface area contributed by atoms with Crippen LogP contribution in [0.2, 0.25) is 0 Å². The van der Waals surface area contributed by atoms with Crippen LogP contribution in [0.1, 0.15) is 50.5 Å². The fourth-order valence-electron chi connectivity index (χ4n) is 3.91. The Morgan fingerprint density at radius 3 is 2.92 bits per heavy atom. The molecule has 5 heteroatoms. The molecule has 5 nitrogen and oxygen atoms in total. The quantitative estimate of drug-likeness (QED) is 0.917. The summed E-state index contributed by atoms with van der Waals surface area (Å²) < 4.78 is 8.22. The SMILES string of the molecule is CC1(C)[C@H](N[C@@H]2CCCn3ncnc32)C[C@H]1OCc1ccccc1. The van der Waals surface area contributed by atoms with E-state index in [1.165, 1.54) is 5.56 Å². The molecule has 3 atom stereocenters. The average Bonchev–Trinajstić information content (AvgIpc) is 3.07. The molecule has 1 aliphatic heterocycles. The van der Waals surface area contributed by atoms with Crippen LogP contribution in [-0.4, -0.2) is 26.9 Å². The topological polar surface area (TPSA) is 52.0 Å². The second-order valence-corrected chi connectivity index (χ2v) is 7.60. The predicted octanol–water partition coefficient (Wildman–Crippen LogP) is 3.09. The van der Waals surface area contributed by atoms with Gasteiger partial charge in [0.25, 0.3) is 0 Å². The second-order valence-electron chi connectivity index (χ2n) is 7.60. The van der Waals surface area contributed by atoms with Crippen molar-refractivity contribution in [2.45, 2.75) is 64.4 Å². The van der Waals surface area contributed by atoms with E-state index in [0.717, 1.165) is 31.6 Å². The van der Waals surface area contributed by atoms with E-state index in [1.54, 1.807) is 6.33 Å². The Labute approximate surface area is 143 Å². The molecule has 4 rings (SSSR count). The molecule has 2 aliphatic rings. The van der Waals surface area contributed by atoms with Crippen molar-refractivity contribution in [3.8, 4) is 0 Å². The van der Waals surface area contributed by atoms with E-state index in [1.807, 2.05) is 10.7 Å². The molecule has 1 aromatic carbocycles. The molecule has 1 aromatic heterocycles. The lowest BCUT2D eigenvalue weighted by Gasteiger charge is -2.53. The maximum Gasteiger partial charge on any atom is 0.143 e. The molecule has 0 unspecified atom stereocenters. The molecule has 2 aromatic rings. The Hall–Kier alpha value is -1.72. The summed E-state index contributed by atoms with van der Waals surface area (Å²) in [6, 6.07) is 11.2. The van der Waals surface area contributed by atoms with Gasteiger partial charge in [-0.2, -0.15) is 5.10 Å². The summed E-state index contributed by atoms with van der Waals surface area (Å²) in [5.74, 6) is 1.09. The largest absolute Gasteiger partial charge is 0.373 e. The van der Waals surface area contributed by atoms with Gasteiger partial charge in [0.1, 0.15) is 12.2 Å². The lowest BCUT2D eigenvalue weighted by Crippen LogP contribution is -2.61. The fourth-order valence-corrected chi connectivity index (χ4v) is 3.91. The smallest absolute Gasteiger partial charge is 0.143 e. The van der Waals surface area contributed by atoms with Gasteiger partial charge in [-0.1, -0.05) is 44.2 Å². The van der Waals surface area contributed by atoms with Crippen molar-refractivity contribution in [3.05, 3.63) is 48.0 Å². The van der Waals surface area contributed by atoms with Gasteiger partial charge >= 0.3 is 0 Å². The van der Waals surface area contributed by atoms with E-state index in [9.17, 15) is 0 Å². The highest BCUT2D eigenvalue weighted by molar-refractivity contribution is 5.14. The molecule has 0 amide bonds. The van der Waals surface area contributed by atoms with Crippen LogP contribution in [0.25, 0.3) is 0 Å². The van der Waals surface area contributed by atoms with E-state index >= 15 is 0 Å². The molecule has 1 fully saturated rings. The molecule has 128 valence electrons. The summed E-state index contributed by atoms with van der Waals surface area (Å²) in [7, 11) is 0. The van der Waals surface area contributed by atoms with Gasteiger partial charge in [-0.15, -0.1) is 0 Å². The summed E-state index contributed by atoms with van der Waals surface area (Å²) in [5, 5.41) is 8.13. The number of nitrogens with one attached hydrogen (secondary N) is 1. The standard InChI is InChI=1S/C19H26N4O/c1-19(2)16(11-17(19)24-12-14-7-4-3-5-8-14)22-15-9-6-10-23-18(15)20-13-21-23/h3-5,7-8,13,15-17,22H,6,9-12H2,1-2H3/t15-,16-,17-/m1/s1. The van der Waals surface area contributed by atoms with Crippen LogP contribution in [0.3, 0.4) is 0 Å². The van der Waals surface area contributed by atoms with Gasteiger partial charge in [-0.25, -0.2) is 9.67 Å². The summed E-state index contributed by atoms with van der Waals surface area (Å²) in [6.07, 6.45) is 5.34. The maximum absolute atomic E-state index is 6.18. The Morgan fingerprint density at radius 1 is 1.29 bits per heavy atom. The number of hydrogen-bond donors (Lipinski definition) is 1. The minimum Gasteiger partial charge on any atom is -0.373 e. The lowest BCUT2D eigenvalue weighted by molar-refractivity contribution is -0.127.